The quantitative estimate of drug-likeness (QED) is 0.574. The molecular weight excluding hydrogens is 232 g/mol. The zero-order valence-corrected chi connectivity index (χ0v) is 10.4. The SMILES string of the molecule is CCOC(=S)S.CCOC(=S)S. The lowest BCUT2D eigenvalue weighted by Crippen LogP contribution is -1.89. The minimum absolute atomic E-state index is 0.317. The summed E-state index contributed by atoms with van der Waals surface area (Å²) >= 11 is 16.2. The summed E-state index contributed by atoms with van der Waals surface area (Å²) in [6, 6.07) is 0. The van der Waals surface area contributed by atoms with Crippen LogP contribution in [0.1, 0.15) is 13.8 Å². The van der Waals surface area contributed by atoms with Crippen LogP contribution in [0.5, 0.6) is 0 Å². The van der Waals surface area contributed by atoms with Gasteiger partial charge in [0.2, 0.25) is 8.77 Å². The van der Waals surface area contributed by atoms with Crippen LogP contribution in [0, 0.1) is 0 Å². The molecule has 12 heavy (non-hydrogen) atoms. The highest BCUT2D eigenvalue weighted by atomic mass is 32.1. The van der Waals surface area contributed by atoms with Crippen molar-refractivity contribution in [3.05, 3.63) is 0 Å². The summed E-state index contributed by atoms with van der Waals surface area (Å²) in [7, 11) is 0. The van der Waals surface area contributed by atoms with Crippen LogP contribution in [0.3, 0.4) is 0 Å². The lowest BCUT2D eigenvalue weighted by molar-refractivity contribution is 0.346. The molecule has 0 spiro atoms. The molecule has 0 unspecified atom stereocenters. The molecular formula is C6H12O2S4. The van der Waals surface area contributed by atoms with Crippen molar-refractivity contribution >= 4 is 58.5 Å². The van der Waals surface area contributed by atoms with Crippen molar-refractivity contribution in [1.82, 2.24) is 0 Å². The number of thiol groups is 2. The van der Waals surface area contributed by atoms with Crippen molar-refractivity contribution in [3.63, 3.8) is 0 Å². The number of ether oxygens (including phenoxy) is 2. The summed E-state index contributed by atoms with van der Waals surface area (Å²) in [5, 5.41) is 0. The van der Waals surface area contributed by atoms with Gasteiger partial charge in [0.05, 0.1) is 13.2 Å². The largest absolute Gasteiger partial charge is 0.479 e. The Kier molecular flexibility index (Phi) is 14.3. The predicted octanol–water partition coefficient (Wildman–Crippen LogP) is 2.48. The van der Waals surface area contributed by atoms with Gasteiger partial charge in [0.25, 0.3) is 0 Å². The molecule has 6 heteroatoms. The van der Waals surface area contributed by atoms with E-state index in [0.29, 0.717) is 22.0 Å². The first-order valence-corrected chi connectivity index (χ1v) is 4.97. The standard InChI is InChI=1S/2C3H6OS2/c2*1-2-4-3(5)6/h2*2H2,1H3,(H,5,6). The molecule has 0 N–H and O–H groups in total. The van der Waals surface area contributed by atoms with Gasteiger partial charge < -0.3 is 9.47 Å². The van der Waals surface area contributed by atoms with Gasteiger partial charge in [0, 0.05) is 0 Å². The fraction of sp³-hybridized carbons (Fsp3) is 0.667. The highest BCUT2D eigenvalue weighted by molar-refractivity contribution is 8.10. The Labute approximate surface area is 94.8 Å². The number of rotatable bonds is 2. The molecule has 0 heterocycles. The normalized spacial score (nSPS) is 7.67. The van der Waals surface area contributed by atoms with E-state index in [1.54, 1.807) is 0 Å². The summed E-state index contributed by atoms with van der Waals surface area (Å²) in [6.07, 6.45) is 0. The molecule has 0 atom stereocenters. The minimum Gasteiger partial charge on any atom is -0.479 e. The van der Waals surface area contributed by atoms with Gasteiger partial charge in [-0.25, -0.2) is 0 Å². The maximum absolute atomic E-state index is 4.64. The second-order valence-corrected chi connectivity index (χ2v) is 3.56. The number of thiocarbonyl (C=S) groups is 2. The van der Waals surface area contributed by atoms with Crippen molar-refractivity contribution in [2.75, 3.05) is 13.2 Å². The lowest BCUT2D eigenvalue weighted by atomic mass is 10.9. The molecule has 0 radical (unpaired) electrons. The van der Waals surface area contributed by atoms with E-state index in [2.05, 4.69) is 59.2 Å². The van der Waals surface area contributed by atoms with E-state index in [0.717, 1.165) is 0 Å². The van der Waals surface area contributed by atoms with Crippen LogP contribution < -0.4 is 0 Å². The second kappa shape index (κ2) is 11.5. The van der Waals surface area contributed by atoms with Crippen LogP contribution in [0.15, 0.2) is 0 Å². The summed E-state index contributed by atoms with van der Waals surface area (Å²) in [5.74, 6) is 0. The first-order chi connectivity index (χ1) is 5.54. The van der Waals surface area contributed by atoms with E-state index in [-0.39, 0.29) is 0 Å². The number of hydrogen-bond donors (Lipinski definition) is 2. The van der Waals surface area contributed by atoms with Crippen molar-refractivity contribution in [2.24, 2.45) is 0 Å². The van der Waals surface area contributed by atoms with E-state index < -0.39 is 0 Å². The summed E-state index contributed by atoms with van der Waals surface area (Å²) in [5.41, 5.74) is 0. The van der Waals surface area contributed by atoms with Gasteiger partial charge in [-0.05, 0) is 38.3 Å². The molecule has 2 nitrogen and oxygen atoms in total. The monoisotopic (exact) mass is 244 g/mol. The fourth-order valence-corrected chi connectivity index (χ4v) is 0.741. The Balaban J connectivity index is 0. The fourth-order valence-electron chi connectivity index (χ4n) is 0.247. The smallest absolute Gasteiger partial charge is 0.216 e. The number of hydrogen-bond acceptors (Lipinski definition) is 4. The van der Waals surface area contributed by atoms with Gasteiger partial charge in [-0.15, -0.1) is 0 Å². The molecule has 0 aliphatic rings. The highest BCUT2D eigenvalue weighted by Crippen LogP contribution is 1.84. The predicted molar refractivity (Wildman–Crippen MR) is 66.4 cm³/mol. The topological polar surface area (TPSA) is 18.5 Å². The average molecular weight is 244 g/mol. The molecule has 0 saturated heterocycles. The van der Waals surface area contributed by atoms with Gasteiger partial charge in [-0.2, -0.15) is 0 Å². The maximum Gasteiger partial charge on any atom is 0.216 e. The molecule has 72 valence electrons. The molecule has 0 aromatic heterocycles. The van der Waals surface area contributed by atoms with Gasteiger partial charge in [0.15, 0.2) is 0 Å². The molecule has 0 aromatic rings. The lowest BCUT2D eigenvalue weighted by Gasteiger charge is -1.92. The van der Waals surface area contributed by atoms with Crippen LogP contribution in [-0.4, -0.2) is 22.0 Å². The zero-order chi connectivity index (χ0) is 9.98. The van der Waals surface area contributed by atoms with Crippen LogP contribution >= 0.6 is 49.7 Å². The highest BCUT2D eigenvalue weighted by Gasteiger charge is 1.78. The van der Waals surface area contributed by atoms with Gasteiger partial charge in [-0.1, -0.05) is 25.3 Å². The summed E-state index contributed by atoms with van der Waals surface area (Å²) in [4.78, 5) is 0. The molecule has 0 aliphatic carbocycles. The average Bonchev–Trinajstić information content (AvgIpc) is 1.87. The second-order valence-electron chi connectivity index (χ2n) is 1.40. The molecule has 0 fully saturated rings. The first-order valence-electron chi connectivity index (χ1n) is 3.26. The molecule has 0 bridgehead atoms. The van der Waals surface area contributed by atoms with Crippen LogP contribution in [0.25, 0.3) is 0 Å². The Morgan fingerprint density at radius 3 is 1.25 bits per heavy atom. The van der Waals surface area contributed by atoms with Crippen LogP contribution in [0.2, 0.25) is 0 Å². The third-order valence-corrected chi connectivity index (χ3v) is 1.03. The molecule has 0 aromatic carbocycles. The van der Waals surface area contributed by atoms with Crippen molar-refractivity contribution in [2.45, 2.75) is 13.8 Å². The van der Waals surface area contributed by atoms with Crippen molar-refractivity contribution < 1.29 is 9.47 Å². The van der Waals surface area contributed by atoms with Gasteiger partial charge >= 0.3 is 0 Å². The van der Waals surface area contributed by atoms with E-state index in [9.17, 15) is 0 Å². The minimum atomic E-state index is 0.317. The van der Waals surface area contributed by atoms with E-state index in [1.807, 2.05) is 13.8 Å². The van der Waals surface area contributed by atoms with Crippen molar-refractivity contribution in [1.29, 1.82) is 0 Å². The summed E-state index contributed by atoms with van der Waals surface area (Å²) in [6.45, 7) is 4.95. The zero-order valence-electron chi connectivity index (χ0n) is 6.94. The van der Waals surface area contributed by atoms with E-state index >= 15 is 0 Å². The third-order valence-electron chi connectivity index (χ3n) is 0.536. The first kappa shape index (κ1) is 15.0. The third kappa shape index (κ3) is 22.4. The maximum atomic E-state index is 4.64. The van der Waals surface area contributed by atoms with E-state index in [4.69, 9.17) is 0 Å². The molecule has 0 rings (SSSR count). The Bertz CT molecular complexity index is 122. The van der Waals surface area contributed by atoms with Gasteiger partial charge in [-0.3, -0.25) is 0 Å². The Morgan fingerprint density at radius 2 is 1.25 bits per heavy atom. The Hall–Kier alpha value is 0.480. The van der Waals surface area contributed by atoms with Crippen LogP contribution in [-0.2, 0) is 9.47 Å². The summed E-state index contributed by atoms with van der Waals surface area (Å²) < 4.78 is 9.91. The van der Waals surface area contributed by atoms with E-state index in [1.165, 1.54) is 0 Å². The molecule has 0 saturated carbocycles. The van der Waals surface area contributed by atoms with Gasteiger partial charge in [0.1, 0.15) is 0 Å². The van der Waals surface area contributed by atoms with Crippen molar-refractivity contribution in [3.8, 4) is 0 Å². The Morgan fingerprint density at radius 1 is 1.00 bits per heavy atom. The van der Waals surface area contributed by atoms with Crippen LogP contribution in [0.4, 0.5) is 0 Å². The molecule has 0 aliphatic heterocycles. The molecule has 0 amide bonds.